The van der Waals surface area contributed by atoms with Crippen LogP contribution in [0.15, 0.2) is 39.8 Å². The molecule has 0 aromatic heterocycles. The number of carbonyl (C=O) groups excluding carboxylic acids is 1. The summed E-state index contributed by atoms with van der Waals surface area (Å²) in [4.78, 5) is 26.5. The number of nitrogens with two attached hydrogens (primary N) is 1. The SMILES string of the molecule is N[C@@H]1C(=O)N2C(C(=O)O)=C(Sc3ccccc3CBr)CS[C@@H]12. The summed E-state index contributed by atoms with van der Waals surface area (Å²) in [7, 11) is 0. The number of halogens is 1. The second-order valence-electron chi connectivity index (χ2n) is 4.86. The van der Waals surface area contributed by atoms with Crippen LogP contribution in [0.2, 0.25) is 0 Å². The molecule has 3 N–H and O–H groups in total. The van der Waals surface area contributed by atoms with E-state index in [2.05, 4.69) is 15.9 Å². The third kappa shape index (κ3) is 2.58. The van der Waals surface area contributed by atoms with E-state index >= 15 is 0 Å². The van der Waals surface area contributed by atoms with Crippen molar-refractivity contribution in [1.82, 2.24) is 4.90 Å². The molecule has 1 amide bonds. The summed E-state index contributed by atoms with van der Waals surface area (Å²) in [6.45, 7) is 0. The number of hydrogen-bond acceptors (Lipinski definition) is 5. The Morgan fingerprint density at radius 1 is 1.50 bits per heavy atom. The number of rotatable bonds is 4. The first-order valence-electron chi connectivity index (χ1n) is 6.53. The van der Waals surface area contributed by atoms with Crippen LogP contribution in [0.3, 0.4) is 0 Å². The second-order valence-corrected chi connectivity index (χ2v) is 7.66. The zero-order valence-corrected chi connectivity index (χ0v) is 14.6. The Balaban J connectivity index is 1.97. The molecule has 2 aliphatic heterocycles. The van der Waals surface area contributed by atoms with Gasteiger partial charge in [0, 0.05) is 20.9 Å². The number of thioether (sulfide) groups is 2. The topological polar surface area (TPSA) is 83.6 Å². The van der Waals surface area contributed by atoms with E-state index in [1.807, 2.05) is 24.3 Å². The highest BCUT2D eigenvalue weighted by atomic mass is 79.9. The molecule has 116 valence electrons. The minimum atomic E-state index is -1.08. The lowest BCUT2D eigenvalue weighted by atomic mass is 10.1. The average molecular weight is 401 g/mol. The van der Waals surface area contributed by atoms with Crippen LogP contribution in [-0.2, 0) is 14.9 Å². The van der Waals surface area contributed by atoms with Crippen LogP contribution < -0.4 is 5.73 Å². The number of benzene rings is 1. The van der Waals surface area contributed by atoms with Gasteiger partial charge in [-0.25, -0.2) is 4.79 Å². The molecule has 2 aliphatic rings. The van der Waals surface area contributed by atoms with E-state index in [1.165, 1.54) is 28.4 Å². The van der Waals surface area contributed by atoms with Gasteiger partial charge in [-0.3, -0.25) is 9.69 Å². The molecule has 3 rings (SSSR count). The van der Waals surface area contributed by atoms with E-state index in [9.17, 15) is 14.7 Å². The molecule has 0 unspecified atom stereocenters. The molecule has 1 saturated heterocycles. The van der Waals surface area contributed by atoms with Crippen LogP contribution in [-0.4, -0.2) is 39.1 Å². The average Bonchev–Trinajstić information content (AvgIpc) is 2.53. The lowest BCUT2D eigenvalue weighted by Crippen LogP contribution is -2.68. The molecule has 5 nitrogen and oxygen atoms in total. The molecular weight excluding hydrogens is 388 g/mol. The van der Waals surface area contributed by atoms with Gasteiger partial charge in [0.15, 0.2) is 0 Å². The van der Waals surface area contributed by atoms with Crippen molar-refractivity contribution in [2.24, 2.45) is 5.73 Å². The number of carboxylic acids is 1. The van der Waals surface area contributed by atoms with Gasteiger partial charge in [0.2, 0.25) is 5.91 Å². The van der Waals surface area contributed by atoms with Crippen molar-refractivity contribution in [3.8, 4) is 0 Å². The second kappa shape index (κ2) is 6.27. The van der Waals surface area contributed by atoms with Crippen molar-refractivity contribution in [3.05, 3.63) is 40.4 Å². The minimum Gasteiger partial charge on any atom is -0.477 e. The van der Waals surface area contributed by atoms with Crippen LogP contribution in [0.5, 0.6) is 0 Å². The normalized spacial score (nSPS) is 24.1. The number of carboxylic acid groups (broad SMARTS) is 1. The molecule has 0 radical (unpaired) electrons. The third-order valence-corrected chi connectivity index (χ3v) is 6.82. The van der Waals surface area contributed by atoms with E-state index < -0.39 is 12.0 Å². The zero-order valence-electron chi connectivity index (χ0n) is 11.4. The summed E-state index contributed by atoms with van der Waals surface area (Å²) in [6, 6.07) is 7.20. The summed E-state index contributed by atoms with van der Waals surface area (Å²) < 4.78 is 0. The Kier molecular flexibility index (Phi) is 4.54. The first-order chi connectivity index (χ1) is 10.5. The molecular formula is C14H13BrN2O3S2. The van der Waals surface area contributed by atoms with Crippen LogP contribution >= 0.6 is 39.5 Å². The van der Waals surface area contributed by atoms with Crippen LogP contribution in [0, 0.1) is 0 Å². The van der Waals surface area contributed by atoms with Crippen molar-refractivity contribution in [2.75, 3.05) is 5.75 Å². The lowest BCUT2D eigenvalue weighted by molar-refractivity contribution is -0.147. The van der Waals surface area contributed by atoms with Gasteiger partial charge in [-0.05, 0) is 11.6 Å². The molecule has 22 heavy (non-hydrogen) atoms. The molecule has 0 saturated carbocycles. The molecule has 0 aliphatic carbocycles. The highest BCUT2D eigenvalue weighted by Gasteiger charge is 2.51. The number of nitrogens with zero attached hydrogens (tertiary/aromatic N) is 1. The number of aliphatic carboxylic acids is 1. The lowest BCUT2D eigenvalue weighted by Gasteiger charge is -2.47. The largest absolute Gasteiger partial charge is 0.477 e. The highest BCUT2D eigenvalue weighted by Crippen LogP contribution is 2.45. The maximum atomic E-state index is 11.9. The molecule has 2 heterocycles. The predicted octanol–water partition coefficient (Wildman–Crippen LogP) is 2.21. The molecule has 1 fully saturated rings. The highest BCUT2D eigenvalue weighted by molar-refractivity contribution is 9.08. The smallest absolute Gasteiger partial charge is 0.353 e. The Bertz CT molecular complexity index is 680. The Morgan fingerprint density at radius 2 is 2.23 bits per heavy atom. The molecule has 0 bridgehead atoms. The summed E-state index contributed by atoms with van der Waals surface area (Å²) in [5, 5.41) is 9.95. The van der Waals surface area contributed by atoms with E-state index in [0.29, 0.717) is 16.0 Å². The van der Waals surface area contributed by atoms with Gasteiger partial charge < -0.3 is 10.8 Å². The van der Waals surface area contributed by atoms with Crippen LogP contribution in [0.4, 0.5) is 0 Å². The van der Waals surface area contributed by atoms with Crippen LogP contribution in [0.1, 0.15) is 5.56 Å². The molecule has 1 aromatic carbocycles. The zero-order chi connectivity index (χ0) is 15.9. The number of carbonyl (C=O) groups is 2. The monoisotopic (exact) mass is 400 g/mol. The van der Waals surface area contributed by atoms with Gasteiger partial charge in [-0.15, -0.1) is 11.8 Å². The quantitative estimate of drug-likeness (QED) is 0.595. The van der Waals surface area contributed by atoms with Gasteiger partial charge in [-0.1, -0.05) is 45.9 Å². The predicted molar refractivity (Wildman–Crippen MR) is 90.7 cm³/mol. The summed E-state index contributed by atoms with van der Waals surface area (Å²) in [5.74, 6) is -0.851. The first-order valence-corrected chi connectivity index (χ1v) is 9.51. The number of alkyl halides is 1. The summed E-state index contributed by atoms with van der Waals surface area (Å²) >= 11 is 6.36. The Morgan fingerprint density at radius 3 is 2.91 bits per heavy atom. The van der Waals surface area contributed by atoms with Crippen LogP contribution in [0.25, 0.3) is 0 Å². The standard InChI is InChI=1S/C14H13BrN2O3S2/c15-5-7-3-1-2-4-8(7)22-9-6-21-13-10(16)12(18)17(13)11(9)14(19)20/h1-4,10,13H,5-6,16H2,(H,19,20)/t10-,13+/m1/s1. The fourth-order valence-electron chi connectivity index (χ4n) is 2.41. The third-order valence-electron chi connectivity index (χ3n) is 3.53. The molecule has 2 atom stereocenters. The van der Waals surface area contributed by atoms with E-state index in [4.69, 9.17) is 5.73 Å². The molecule has 1 aromatic rings. The van der Waals surface area contributed by atoms with E-state index in [0.717, 1.165) is 10.5 Å². The van der Waals surface area contributed by atoms with Crippen molar-refractivity contribution >= 4 is 51.3 Å². The Labute approximate surface area is 144 Å². The summed E-state index contributed by atoms with van der Waals surface area (Å²) in [5.41, 5.74) is 6.90. The maximum Gasteiger partial charge on any atom is 0.353 e. The molecule has 0 spiro atoms. The van der Waals surface area contributed by atoms with Crippen molar-refractivity contribution in [1.29, 1.82) is 0 Å². The number of hydrogen-bond donors (Lipinski definition) is 2. The molecule has 8 heteroatoms. The van der Waals surface area contributed by atoms with E-state index in [-0.39, 0.29) is 17.0 Å². The number of amides is 1. The first kappa shape index (κ1) is 15.9. The van der Waals surface area contributed by atoms with Gasteiger partial charge in [0.1, 0.15) is 17.1 Å². The van der Waals surface area contributed by atoms with Gasteiger partial charge in [0.25, 0.3) is 0 Å². The Hall–Kier alpha value is -0.960. The fourth-order valence-corrected chi connectivity index (χ4v) is 5.63. The minimum absolute atomic E-state index is 0.0739. The van der Waals surface area contributed by atoms with Gasteiger partial charge in [0.05, 0.1) is 0 Å². The fraction of sp³-hybridized carbons (Fsp3) is 0.286. The van der Waals surface area contributed by atoms with Crippen molar-refractivity contribution in [2.45, 2.75) is 21.6 Å². The number of β-lactam (4-membered cyclic amide) rings is 1. The van der Waals surface area contributed by atoms with Crippen molar-refractivity contribution in [3.63, 3.8) is 0 Å². The maximum absolute atomic E-state index is 11.9. The van der Waals surface area contributed by atoms with Crippen molar-refractivity contribution < 1.29 is 14.7 Å². The van der Waals surface area contributed by atoms with E-state index in [1.54, 1.807) is 0 Å². The van der Waals surface area contributed by atoms with Gasteiger partial charge >= 0.3 is 5.97 Å². The number of fused-ring (bicyclic) bond motifs is 1. The van der Waals surface area contributed by atoms with Gasteiger partial charge in [-0.2, -0.15) is 0 Å². The summed E-state index contributed by atoms with van der Waals surface area (Å²) in [6.07, 6.45) is 0.